The number of benzene rings is 1. The highest BCUT2D eigenvalue weighted by atomic mass is 35.5. The zero-order valence-corrected chi connectivity index (χ0v) is 11.4. The third kappa shape index (κ3) is 3.30. The highest BCUT2D eigenvalue weighted by Crippen LogP contribution is 2.30. The van der Waals surface area contributed by atoms with Crippen LogP contribution in [0.15, 0.2) is 18.2 Å². The normalized spacial score (nSPS) is 10.2. The summed E-state index contributed by atoms with van der Waals surface area (Å²) in [5.41, 5.74) is -0.175. The van der Waals surface area contributed by atoms with E-state index in [-0.39, 0.29) is 23.1 Å². The molecule has 0 fully saturated rings. The fraction of sp³-hybridized carbons (Fsp3) is 0.200. The van der Waals surface area contributed by atoms with Gasteiger partial charge in [-0.05, 0) is 12.1 Å². The van der Waals surface area contributed by atoms with Gasteiger partial charge in [0.2, 0.25) is 5.13 Å². The van der Waals surface area contributed by atoms with Gasteiger partial charge in [-0.25, -0.2) is 0 Å². The predicted molar refractivity (Wildman–Crippen MR) is 71.9 cm³/mol. The first-order valence-electron chi connectivity index (χ1n) is 5.17. The lowest BCUT2D eigenvalue weighted by Crippen LogP contribution is -1.98. The number of ether oxygens (including phenoxy) is 1. The number of nitrogens with one attached hydrogen (secondary N) is 1. The minimum absolute atomic E-state index is 0.113. The van der Waals surface area contributed by atoms with Crippen LogP contribution in [-0.4, -0.2) is 22.2 Å². The molecule has 0 bridgehead atoms. The Kier molecular flexibility index (Phi) is 4.13. The summed E-state index contributed by atoms with van der Waals surface area (Å²) in [5.74, 6) is 0.149. The SMILES string of the molecule is CNc1nnc(COc2ccc(Cl)cc2[N+](=O)[O-])s1. The standard InChI is InChI=1S/C10H9ClN4O3S/c1-12-10-14-13-9(19-10)5-18-8-3-2-6(11)4-7(8)15(16)17/h2-4H,5H2,1H3,(H,12,14). The second kappa shape index (κ2) is 5.81. The molecule has 2 rings (SSSR count). The molecule has 2 aromatic rings. The maximum atomic E-state index is 10.9. The summed E-state index contributed by atoms with van der Waals surface area (Å²) in [6.45, 7) is 0.113. The monoisotopic (exact) mass is 300 g/mol. The third-order valence-corrected chi connectivity index (χ3v) is 3.30. The van der Waals surface area contributed by atoms with Crippen molar-refractivity contribution in [3.63, 3.8) is 0 Å². The van der Waals surface area contributed by atoms with Gasteiger partial charge < -0.3 is 10.1 Å². The number of nitro groups is 1. The Labute approximate surface area is 117 Å². The van der Waals surface area contributed by atoms with Crippen molar-refractivity contribution in [2.45, 2.75) is 6.61 Å². The van der Waals surface area contributed by atoms with E-state index in [4.69, 9.17) is 16.3 Å². The molecule has 1 aromatic heterocycles. The quantitative estimate of drug-likeness (QED) is 0.674. The largest absolute Gasteiger partial charge is 0.479 e. The Hall–Kier alpha value is -1.93. The van der Waals surface area contributed by atoms with Crippen LogP contribution in [0.1, 0.15) is 5.01 Å². The molecule has 0 spiro atoms. The molecule has 0 aliphatic carbocycles. The van der Waals surface area contributed by atoms with Gasteiger partial charge in [-0.15, -0.1) is 10.2 Å². The van der Waals surface area contributed by atoms with Gasteiger partial charge in [-0.2, -0.15) is 0 Å². The van der Waals surface area contributed by atoms with E-state index >= 15 is 0 Å². The fourth-order valence-corrected chi connectivity index (χ4v) is 2.08. The van der Waals surface area contributed by atoms with Crippen molar-refractivity contribution in [3.8, 4) is 5.75 Å². The van der Waals surface area contributed by atoms with Crippen molar-refractivity contribution in [2.24, 2.45) is 0 Å². The molecule has 1 N–H and O–H groups in total. The zero-order chi connectivity index (χ0) is 13.8. The van der Waals surface area contributed by atoms with Crippen LogP contribution in [0.3, 0.4) is 0 Å². The molecule has 0 atom stereocenters. The van der Waals surface area contributed by atoms with Gasteiger partial charge in [0.25, 0.3) is 0 Å². The number of aromatic nitrogens is 2. The number of hydrogen-bond donors (Lipinski definition) is 1. The van der Waals surface area contributed by atoms with E-state index < -0.39 is 4.92 Å². The summed E-state index contributed by atoms with van der Waals surface area (Å²) in [6, 6.07) is 4.24. The molecule has 7 nitrogen and oxygen atoms in total. The number of rotatable bonds is 5. The maximum absolute atomic E-state index is 10.9. The second-order valence-corrected chi connectivity index (χ2v) is 4.91. The van der Waals surface area contributed by atoms with Crippen LogP contribution < -0.4 is 10.1 Å². The first-order chi connectivity index (χ1) is 9.10. The minimum atomic E-state index is -0.541. The Bertz CT molecular complexity index is 604. The molecular weight excluding hydrogens is 292 g/mol. The first-order valence-corrected chi connectivity index (χ1v) is 6.36. The summed E-state index contributed by atoms with van der Waals surface area (Å²) < 4.78 is 5.38. The number of anilines is 1. The van der Waals surface area contributed by atoms with E-state index in [1.165, 1.54) is 29.5 Å². The van der Waals surface area contributed by atoms with E-state index in [9.17, 15) is 10.1 Å². The number of halogens is 1. The van der Waals surface area contributed by atoms with Crippen LogP contribution in [0.4, 0.5) is 10.8 Å². The predicted octanol–water partition coefficient (Wildman–Crippen LogP) is 2.72. The van der Waals surface area contributed by atoms with Crippen molar-refractivity contribution in [3.05, 3.63) is 38.3 Å². The lowest BCUT2D eigenvalue weighted by Gasteiger charge is -2.04. The average Bonchev–Trinajstić information content (AvgIpc) is 2.85. The second-order valence-electron chi connectivity index (χ2n) is 3.41. The molecular formula is C10H9ClN4O3S. The Morgan fingerprint density at radius 2 is 2.32 bits per heavy atom. The van der Waals surface area contributed by atoms with Gasteiger partial charge >= 0.3 is 5.69 Å². The third-order valence-electron chi connectivity index (χ3n) is 2.15. The highest BCUT2D eigenvalue weighted by molar-refractivity contribution is 7.15. The Balaban J connectivity index is 2.12. The number of nitrogens with zero attached hydrogens (tertiary/aromatic N) is 3. The van der Waals surface area contributed by atoms with Crippen LogP contribution in [0.2, 0.25) is 5.02 Å². The van der Waals surface area contributed by atoms with Gasteiger partial charge in [-0.1, -0.05) is 22.9 Å². The molecule has 100 valence electrons. The molecule has 0 amide bonds. The number of nitro benzene ring substituents is 1. The molecule has 0 radical (unpaired) electrons. The maximum Gasteiger partial charge on any atom is 0.312 e. The van der Waals surface area contributed by atoms with Crippen molar-refractivity contribution < 1.29 is 9.66 Å². The lowest BCUT2D eigenvalue weighted by molar-refractivity contribution is -0.385. The summed E-state index contributed by atoms with van der Waals surface area (Å²) >= 11 is 7.03. The topological polar surface area (TPSA) is 90.2 Å². The van der Waals surface area contributed by atoms with Crippen LogP contribution in [0.25, 0.3) is 0 Å². The van der Waals surface area contributed by atoms with Gasteiger partial charge in [0, 0.05) is 18.1 Å². The smallest absolute Gasteiger partial charge is 0.312 e. The van der Waals surface area contributed by atoms with E-state index in [0.717, 1.165) is 0 Å². The van der Waals surface area contributed by atoms with E-state index in [2.05, 4.69) is 15.5 Å². The van der Waals surface area contributed by atoms with E-state index in [1.54, 1.807) is 7.05 Å². The minimum Gasteiger partial charge on any atom is -0.479 e. The highest BCUT2D eigenvalue weighted by Gasteiger charge is 2.16. The molecule has 9 heteroatoms. The van der Waals surface area contributed by atoms with Crippen molar-refractivity contribution >= 4 is 33.8 Å². The number of hydrogen-bond acceptors (Lipinski definition) is 7. The molecule has 0 unspecified atom stereocenters. The molecule has 0 saturated heterocycles. The van der Waals surface area contributed by atoms with Gasteiger partial charge in [-0.3, -0.25) is 10.1 Å². The molecule has 1 aromatic carbocycles. The van der Waals surface area contributed by atoms with Gasteiger partial charge in [0.05, 0.1) is 4.92 Å². The Morgan fingerprint density at radius 1 is 1.53 bits per heavy atom. The van der Waals surface area contributed by atoms with E-state index in [1.807, 2.05) is 0 Å². The molecule has 0 aliphatic heterocycles. The molecule has 0 saturated carbocycles. The van der Waals surface area contributed by atoms with Gasteiger partial charge in [0.15, 0.2) is 10.8 Å². The van der Waals surface area contributed by atoms with Crippen LogP contribution in [0, 0.1) is 10.1 Å². The summed E-state index contributed by atoms with van der Waals surface area (Å²) in [4.78, 5) is 10.3. The fourth-order valence-electron chi connectivity index (χ4n) is 1.31. The molecule has 0 aliphatic rings. The zero-order valence-electron chi connectivity index (χ0n) is 9.79. The van der Waals surface area contributed by atoms with E-state index in [0.29, 0.717) is 10.1 Å². The Morgan fingerprint density at radius 3 is 2.95 bits per heavy atom. The first kappa shape index (κ1) is 13.5. The summed E-state index contributed by atoms with van der Waals surface area (Å²) in [6.07, 6.45) is 0. The summed E-state index contributed by atoms with van der Waals surface area (Å²) in [5, 5.41) is 23.0. The van der Waals surface area contributed by atoms with Crippen LogP contribution >= 0.6 is 22.9 Å². The molecule has 19 heavy (non-hydrogen) atoms. The van der Waals surface area contributed by atoms with Crippen LogP contribution in [0.5, 0.6) is 5.75 Å². The van der Waals surface area contributed by atoms with Crippen molar-refractivity contribution in [2.75, 3.05) is 12.4 Å². The molecule has 1 heterocycles. The van der Waals surface area contributed by atoms with Crippen molar-refractivity contribution in [1.82, 2.24) is 10.2 Å². The lowest BCUT2D eigenvalue weighted by atomic mass is 10.3. The average molecular weight is 301 g/mol. The van der Waals surface area contributed by atoms with Crippen LogP contribution in [-0.2, 0) is 6.61 Å². The summed E-state index contributed by atoms with van der Waals surface area (Å²) in [7, 11) is 1.73. The van der Waals surface area contributed by atoms with Gasteiger partial charge in [0.1, 0.15) is 6.61 Å². The van der Waals surface area contributed by atoms with Crippen molar-refractivity contribution in [1.29, 1.82) is 0 Å².